The second kappa shape index (κ2) is 10.2. The van der Waals surface area contributed by atoms with Gasteiger partial charge >= 0.3 is 0 Å². The van der Waals surface area contributed by atoms with Crippen LogP contribution in [0.25, 0.3) is 0 Å². The first-order chi connectivity index (χ1) is 12.9. The van der Waals surface area contributed by atoms with Gasteiger partial charge in [0.15, 0.2) is 0 Å². The van der Waals surface area contributed by atoms with Crippen LogP contribution in [0.5, 0.6) is 0 Å². The first kappa shape index (κ1) is 21.1. The minimum atomic E-state index is -3.79. The molecule has 2 aromatic carbocycles. The number of unbranched alkanes of at least 4 members (excludes halogenated alkanes) is 2. The highest BCUT2D eigenvalue weighted by Gasteiger charge is 2.25. The highest BCUT2D eigenvalue weighted by Crippen LogP contribution is 2.12. The molecule has 146 valence electrons. The molecular weight excluding hydrogens is 360 g/mol. The maximum Gasteiger partial charge on any atom is 0.241 e. The van der Waals surface area contributed by atoms with E-state index in [1.807, 2.05) is 37.3 Å². The van der Waals surface area contributed by atoms with Crippen molar-refractivity contribution in [3.8, 4) is 0 Å². The molecule has 5 nitrogen and oxygen atoms in total. The molecule has 0 saturated carbocycles. The summed E-state index contributed by atoms with van der Waals surface area (Å²) in [5.74, 6) is -0.300. The van der Waals surface area contributed by atoms with Crippen LogP contribution in [-0.2, 0) is 21.2 Å². The molecule has 1 amide bonds. The van der Waals surface area contributed by atoms with E-state index in [0.717, 1.165) is 30.4 Å². The minimum absolute atomic E-state index is 0.157. The Morgan fingerprint density at radius 2 is 1.67 bits per heavy atom. The zero-order chi connectivity index (χ0) is 19.7. The molecule has 0 saturated heterocycles. The van der Waals surface area contributed by atoms with Crippen molar-refractivity contribution in [1.82, 2.24) is 10.0 Å². The van der Waals surface area contributed by atoms with Crippen LogP contribution in [0.3, 0.4) is 0 Å². The lowest BCUT2D eigenvalue weighted by atomic mass is 10.1. The summed E-state index contributed by atoms with van der Waals surface area (Å²) in [5, 5.41) is 2.86. The second-order valence-electron chi connectivity index (χ2n) is 6.67. The van der Waals surface area contributed by atoms with E-state index in [-0.39, 0.29) is 10.8 Å². The van der Waals surface area contributed by atoms with Crippen LogP contribution >= 0.6 is 0 Å². The number of hydrogen-bond acceptors (Lipinski definition) is 3. The molecule has 0 aliphatic carbocycles. The fourth-order valence-corrected chi connectivity index (χ4v) is 3.92. The molecule has 2 rings (SSSR count). The number of amides is 1. The molecule has 2 aromatic rings. The van der Waals surface area contributed by atoms with Crippen molar-refractivity contribution in [3.63, 3.8) is 0 Å². The van der Waals surface area contributed by atoms with Gasteiger partial charge in [-0.3, -0.25) is 4.79 Å². The molecule has 0 radical (unpaired) electrons. The largest absolute Gasteiger partial charge is 0.355 e. The van der Waals surface area contributed by atoms with Crippen LogP contribution in [0, 0.1) is 6.92 Å². The van der Waals surface area contributed by atoms with Crippen LogP contribution in [0.4, 0.5) is 0 Å². The summed E-state index contributed by atoms with van der Waals surface area (Å²) < 4.78 is 28.0. The van der Waals surface area contributed by atoms with E-state index in [1.54, 1.807) is 24.3 Å². The standard InChI is InChI=1S/C21H28N2O3S/c1-3-4-8-15-22-21(24)20(16-18-9-6-5-7-10-18)23-27(25,26)19-13-11-17(2)12-14-19/h5-7,9-14,20,23H,3-4,8,15-16H2,1-2H3,(H,22,24)/t20-/m0/s1. The number of benzene rings is 2. The average Bonchev–Trinajstić information content (AvgIpc) is 2.65. The predicted octanol–water partition coefficient (Wildman–Crippen LogP) is 3.19. The first-order valence-corrected chi connectivity index (χ1v) is 10.8. The fraction of sp³-hybridized carbons (Fsp3) is 0.381. The number of aryl methyl sites for hydroxylation is 1. The van der Waals surface area contributed by atoms with Gasteiger partial charge in [-0.05, 0) is 37.5 Å². The van der Waals surface area contributed by atoms with Gasteiger partial charge in [-0.1, -0.05) is 67.8 Å². The van der Waals surface area contributed by atoms with Gasteiger partial charge in [0.1, 0.15) is 6.04 Å². The van der Waals surface area contributed by atoms with E-state index in [2.05, 4.69) is 17.0 Å². The summed E-state index contributed by atoms with van der Waals surface area (Å²) in [7, 11) is -3.79. The van der Waals surface area contributed by atoms with Gasteiger partial charge in [-0.2, -0.15) is 4.72 Å². The molecule has 1 atom stereocenters. The van der Waals surface area contributed by atoms with Crippen molar-refractivity contribution in [2.45, 2.75) is 50.5 Å². The normalized spacial score (nSPS) is 12.5. The Kier molecular flexibility index (Phi) is 8.00. The highest BCUT2D eigenvalue weighted by molar-refractivity contribution is 7.89. The molecule has 0 bridgehead atoms. The van der Waals surface area contributed by atoms with Gasteiger partial charge in [0.2, 0.25) is 15.9 Å². The summed E-state index contributed by atoms with van der Waals surface area (Å²) >= 11 is 0. The number of sulfonamides is 1. The van der Waals surface area contributed by atoms with Crippen LogP contribution in [0.2, 0.25) is 0 Å². The third kappa shape index (κ3) is 6.81. The van der Waals surface area contributed by atoms with E-state index in [0.29, 0.717) is 13.0 Å². The zero-order valence-electron chi connectivity index (χ0n) is 15.9. The van der Waals surface area contributed by atoms with Crippen molar-refractivity contribution in [1.29, 1.82) is 0 Å². The predicted molar refractivity (Wildman–Crippen MR) is 108 cm³/mol. The third-order valence-corrected chi connectivity index (χ3v) is 5.79. The highest BCUT2D eigenvalue weighted by atomic mass is 32.2. The van der Waals surface area contributed by atoms with Gasteiger partial charge in [-0.15, -0.1) is 0 Å². The molecule has 6 heteroatoms. The van der Waals surface area contributed by atoms with Gasteiger partial charge < -0.3 is 5.32 Å². The van der Waals surface area contributed by atoms with Gasteiger partial charge in [0.25, 0.3) is 0 Å². The van der Waals surface area contributed by atoms with Crippen LogP contribution in [0.1, 0.15) is 37.3 Å². The second-order valence-corrected chi connectivity index (χ2v) is 8.39. The van der Waals surface area contributed by atoms with Crippen molar-refractivity contribution >= 4 is 15.9 Å². The Balaban J connectivity index is 2.15. The van der Waals surface area contributed by atoms with Gasteiger partial charge in [0.05, 0.1) is 4.90 Å². The summed E-state index contributed by atoms with van der Waals surface area (Å²) in [4.78, 5) is 12.8. The van der Waals surface area contributed by atoms with Crippen molar-refractivity contribution in [2.75, 3.05) is 6.54 Å². The quantitative estimate of drug-likeness (QED) is 0.614. The topological polar surface area (TPSA) is 75.3 Å². The zero-order valence-corrected chi connectivity index (χ0v) is 16.8. The maximum atomic E-state index is 12.7. The molecular formula is C21H28N2O3S. The van der Waals surface area contributed by atoms with Crippen LogP contribution in [0.15, 0.2) is 59.5 Å². The summed E-state index contributed by atoms with van der Waals surface area (Å²) in [6, 6.07) is 15.1. The van der Waals surface area contributed by atoms with E-state index in [1.165, 1.54) is 0 Å². The van der Waals surface area contributed by atoms with Crippen molar-refractivity contribution in [2.24, 2.45) is 0 Å². The Labute approximate surface area is 162 Å². The van der Waals surface area contributed by atoms with Crippen LogP contribution in [-0.4, -0.2) is 26.9 Å². The minimum Gasteiger partial charge on any atom is -0.355 e. The smallest absolute Gasteiger partial charge is 0.241 e. The fourth-order valence-electron chi connectivity index (χ4n) is 2.72. The average molecular weight is 389 g/mol. The number of carbonyl (C=O) groups is 1. The lowest BCUT2D eigenvalue weighted by Gasteiger charge is -2.19. The molecule has 0 fully saturated rings. The summed E-state index contributed by atoms with van der Waals surface area (Å²) in [5.41, 5.74) is 1.88. The Morgan fingerprint density at radius 1 is 1.00 bits per heavy atom. The monoisotopic (exact) mass is 388 g/mol. The molecule has 0 spiro atoms. The SMILES string of the molecule is CCCCCNC(=O)[C@H](Cc1ccccc1)NS(=O)(=O)c1ccc(C)cc1. The number of carbonyl (C=O) groups excluding carboxylic acids is 1. The van der Waals surface area contributed by atoms with E-state index < -0.39 is 16.1 Å². The van der Waals surface area contributed by atoms with E-state index in [4.69, 9.17) is 0 Å². The summed E-state index contributed by atoms with van der Waals surface area (Å²) in [6.45, 7) is 4.53. The third-order valence-electron chi connectivity index (χ3n) is 4.31. The van der Waals surface area contributed by atoms with E-state index in [9.17, 15) is 13.2 Å². The Hall–Kier alpha value is -2.18. The molecule has 0 unspecified atom stereocenters. The lowest BCUT2D eigenvalue weighted by molar-refractivity contribution is -0.122. The number of hydrogen-bond donors (Lipinski definition) is 2. The Morgan fingerprint density at radius 3 is 2.30 bits per heavy atom. The summed E-state index contributed by atoms with van der Waals surface area (Å²) in [6.07, 6.45) is 3.26. The molecule has 0 aliphatic heterocycles. The lowest BCUT2D eigenvalue weighted by Crippen LogP contribution is -2.48. The van der Waals surface area contributed by atoms with Crippen LogP contribution < -0.4 is 10.0 Å². The van der Waals surface area contributed by atoms with Crippen molar-refractivity contribution in [3.05, 3.63) is 65.7 Å². The van der Waals surface area contributed by atoms with Crippen molar-refractivity contribution < 1.29 is 13.2 Å². The maximum absolute atomic E-state index is 12.7. The molecule has 0 heterocycles. The molecule has 2 N–H and O–H groups in total. The molecule has 27 heavy (non-hydrogen) atoms. The van der Waals surface area contributed by atoms with E-state index >= 15 is 0 Å². The molecule has 0 aromatic heterocycles. The number of rotatable bonds is 10. The number of nitrogens with one attached hydrogen (secondary N) is 2. The van der Waals surface area contributed by atoms with Gasteiger partial charge in [0, 0.05) is 6.54 Å². The first-order valence-electron chi connectivity index (χ1n) is 9.33. The molecule has 0 aliphatic rings. The van der Waals surface area contributed by atoms with Gasteiger partial charge in [-0.25, -0.2) is 8.42 Å². The Bertz CT molecular complexity index is 818.